The van der Waals surface area contributed by atoms with Gasteiger partial charge in [-0.15, -0.1) is 0 Å². The molecule has 1 aromatic carbocycles. The molecule has 4 N–H and O–H groups in total. The summed E-state index contributed by atoms with van der Waals surface area (Å²) in [7, 11) is 1.82. The first-order chi connectivity index (χ1) is 9.38. The quantitative estimate of drug-likeness (QED) is 0.697. The highest BCUT2D eigenvalue weighted by atomic mass is 16.4. The molecule has 7 heteroatoms. The first-order valence-corrected chi connectivity index (χ1v) is 5.98. The molecule has 108 valence electrons. The van der Waals surface area contributed by atoms with Gasteiger partial charge in [-0.1, -0.05) is 12.1 Å². The fourth-order valence-corrected chi connectivity index (χ4v) is 1.64. The molecule has 0 aromatic heterocycles. The number of carboxylic acid groups (broad SMARTS) is 1. The number of primary amides is 1. The molecule has 0 heterocycles. The first-order valence-electron chi connectivity index (χ1n) is 5.98. The van der Waals surface area contributed by atoms with E-state index in [9.17, 15) is 14.4 Å². The summed E-state index contributed by atoms with van der Waals surface area (Å²) in [6, 6.07) is 5.66. The van der Waals surface area contributed by atoms with Crippen LogP contribution in [0.25, 0.3) is 0 Å². The Morgan fingerprint density at radius 1 is 1.25 bits per heavy atom. The molecule has 20 heavy (non-hydrogen) atoms. The molecule has 0 saturated carbocycles. The van der Waals surface area contributed by atoms with E-state index < -0.39 is 17.9 Å². The predicted octanol–water partition coefficient (Wildman–Crippen LogP) is 0.402. The Hall–Kier alpha value is -2.41. The van der Waals surface area contributed by atoms with E-state index in [0.717, 1.165) is 5.56 Å². The Bertz CT molecular complexity index is 499. The normalized spacial score (nSPS) is 10.3. The fraction of sp³-hybridized carbons (Fsp3) is 0.308. The number of nitrogens with two attached hydrogens (primary N) is 1. The van der Waals surface area contributed by atoms with Gasteiger partial charge in [-0.25, -0.2) is 9.59 Å². The Balaban J connectivity index is 2.42. The van der Waals surface area contributed by atoms with Gasteiger partial charge in [0.05, 0.1) is 5.56 Å². The average molecular weight is 279 g/mol. The first kappa shape index (κ1) is 15.6. The van der Waals surface area contributed by atoms with Crippen molar-refractivity contribution in [3.63, 3.8) is 0 Å². The lowest BCUT2D eigenvalue weighted by molar-refractivity contribution is -0.120. The highest BCUT2D eigenvalue weighted by molar-refractivity contribution is 5.93. The lowest BCUT2D eigenvalue weighted by atomic mass is 10.1. The van der Waals surface area contributed by atoms with E-state index in [1.54, 1.807) is 12.1 Å². The van der Waals surface area contributed by atoms with E-state index in [0.29, 0.717) is 13.1 Å². The Morgan fingerprint density at radius 2 is 1.85 bits per heavy atom. The lowest BCUT2D eigenvalue weighted by Gasteiger charge is -2.16. The summed E-state index contributed by atoms with van der Waals surface area (Å²) in [5, 5.41) is 10.8. The van der Waals surface area contributed by atoms with Crippen LogP contribution >= 0.6 is 0 Å². The summed E-state index contributed by atoms with van der Waals surface area (Å²) in [6.07, 6.45) is 0.159. The monoisotopic (exact) mass is 279 g/mol. The molecule has 0 radical (unpaired) electrons. The van der Waals surface area contributed by atoms with E-state index in [2.05, 4.69) is 0 Å². The van der Waals surface area contributed by atoms with Crippen LogP contribution in [0.2, 0.25) is 0 Å². The number of hydrogen-bond donors (Lipinski definition) is 3. The zero-order valence-electron chi connectivity index (χ0n) is 11.1. The number of nitrogens with one attached hydrogen (secondary N) is 1. The van der Waals surface area contributed by atoms with Gasteiger partial charge in [0.25, 0.3) is 0 Å². The second kappa shape index (κ2) is 7.25. The summed E-state index contributed by atoms with van der Waals surface area (Å²) in [6.45, 7) is 1.03. The van der Waals surface area contributed by atoms with E-state index in [1.807, 2.05) is 17.3 Å². The van der Waals surface area contributed by atoms with Crippen molar-refractivity contribution in [3.05, 3.63) is 35.4 Å². The minimum Gasteiger partial charge on any atom is -0.478 e. The molecule has 0 unspecified atom stereocenters. The van der Waals surface area contributed by atoms with Crippen LogP contribution in [0, 0.1) is 0 Å². The topological polar surface area (TPSA) is 113 Å². The molecular weight excluding hydrogens is 262 g/mol. The van der Waals surface area contributed by atoms with Crippen molar-refractivity contribution in [1.29, 1.82) is 0 Å². The SMILES string of the molecule is CN(CCC(=O)NC(N)=O)Cc1ccc(C(=O)O)cc1. The predicted molar refractivity (Wildman–Crippen MR) is 72.1 cm³/mol. The van der Waals surface area contributed by atoms with Crippen LogP contribution in [0.1, 0.15) is 22.3 Å². The van der Waals surface area contributed by atoms with Crippen molar-refractivity contribution >= 4 is 17.9 Å². The number of carbonyl (C=O) groups is 3. The number of benzene rings is 1. The molecule has 0 aliphatic carbocycles. The van der Waals surface area contributed by atoms with Gasteiger partial charge in [-0.2, -0.15) is 0 Å². The van der Waals surface area contributed by atoms with Crippen molar-refractivity contribution < 1.29 is 19.5 Å². The summed E-state index contributed by atoms with van der Waals surface area (Å²) >= 11 is 0. The second-order valence-electron chi connectivity index (χ2n) is 4.40. The standard InChI is InChI=1S/C13H17N3O4/c1-16(7-6-11(17)15-13(14)20)8-9-2-4-10(5-3-9)12(18)19/h2-5H,6-8H2,1H3,(H,18,19)(H3,14,15,17,20). The van der Waals surface area contributed by atoms with E-state index in [1.165, 1.54) is 12.1 Å². The largest absolute Gasteiger partial charge is 0.478 e. The lowest BCUT2D eigenvalue weighted by Crippen LogP contribution is -2.36. The number of rotatable bonds is 6. The maximum Gasteiger partial charge on any atom is 0.335 e. The third-order valence-corrected chi connectivity index (χ3v) is 2.64. The van der Waals surface area contributed by atoms with Crippen molar-refractivity contribution in [3.8, 4) is 0 Å². The number of amides is 3. The zero-order chi connectivity index (χ0) is 15.1. The van der Waals surface area contributed by atoms with Gasteiger partial charge < -0.3 is 15.7 Å². The fourth-order valence-electron chi connectivity index (χ4n) is 1.64. The van der Waals surface area contributed by atoms with Gasteiger partial charge >= 0.3 is 12.0 Å². The molecule has 0 saturated heterocycles. The average Bonchev–Trinajstić information content (AvgIpc) is 2.36. The third kappa shape index (κ3) is 5.49. The molecular formula is C13H17N3O4. The van der Waals surface area contributed by atoms with Crippen molar-refractivity contribution in [2.24, 2.45) is 5.73 Å². The summed E-state index contributed by atoms with van der Waals surface area (Å²) in [4.78, 5) is 34.3. The Labute approximate surface area is 116 Å². The van der Waals surface area contributed by atoms with Gasteiger partial charge in [0, 0.05) is 19.5 Å². The van der Waals surface area contributed by atoms with Crippen LogP contribution in [0.3, 0.4) is 0 Å². The van der Waals surface area contributed by atoms with Crippen molar-refractivity contribution in [1.82, 2.24) is 10.2 Å². The number of hydrogen-bond acceptors (Lipinski definition) is 4. The molecule has 0 atom stereocenters. The minimum absolute atomic E-state index is 0.159. The minimum atomic E-state index is -0.965. The molecule has 0 aliphatic rings. The van der Waals surface area contributed by atoms with Gasteiger partial charge in [0.1, 0.15) is 0 Å². The number of aromatic carboxylic acids is 1. The van der Waals surface area contributed by atoms with Crippen LogP contribution in [0.15, 0.2) is 24.3 Å². The van der Waals surface area contributed by atoms with E-state index >= 15 is 0 Å². The number of imide groups is 1. The highest BCUT2D eigenvalue weighted by Crippen LogP contribution is 2.07. The Kier molecular flexibility index (Phi) is 5.67. The van der Waals surface area contributed by atoms with Gasteiger partial charge in [-0.3, -0.25) is 10.1 Å². The third-order valence-electron chi connectivity index (χ3n) is 2.64. The molecule has 1 aromatic rings. The molecule has 7 nitrogen and oxygen atoms in total. The maximum absolute atomic E-state index is 11.2. The molecule has 0 bridgehead atoms. The summed E-state index contributed by atoms with van der Waals surface area (Å²) < 4.78 is 0. The smallest absolute Gasteiger partial charge is 0.335 e. The van der Waals surface area contributed by atoms with Crippen molar-refractivity contribution in [2.75, 3.05) is 13.6 Å². The van der Waals surface area contributed by atoms with Gasteiger partial charge in [0.2, 0.25) is 5.91 Å². The van der Waals surface area contributed by atoms with Crippen LogP contribution in [-0.4, -0.2) is 41.5 Å². The van der Waals surface area contributed by atoms with Crippen LogP contribution in [-0.2, 0) is 11.3 Å². The molecule has 0 fully saturated rings. The molecule has 0 spiro atoms. The Morgan fingerprint density at radius 3 is 2.35 bits per heavy atom. The molecule has 1 rings (SSSR count). The van der Waals surface area contributed by atoms with E-state index in [4.69, 9.17) is 10.8 Å². The number of carbonyl (C=O) groups excluding carboxylic acids is 2. The number of nitrogens with zero attached hydrogens (tertiary/aromatic N) is 1. The van der Waals surface area contributed by atoms with Gasteiger partial charge in [-0.05, 0) is 24.7 Å². The maximum atomic E-state index is 11.2. The molecule has 3 amide bonds. The van der Waals surface area contributed by atoms with Gasteiger partial charge in [0.15, 0.2) is 0 Å². The molecule has 0 aliphatic heterocycles. The number of urea groups is 1. The second-order valence-corrected chi connectivity index (χ2v) is 4.40. The summed E-state index contributed by atoms with van der Waals surface area (Å²) in [5.74, 6) is -1.39. The zero-order valence-corrected chi connectivity index (χ0v) is 11.1. The highest BCUT2D eigenvalue weighted by Gasteiger charge is 2.07. The number of carboxylic acids is 1. The van der Waals surface area contributed by atoms with Crippen LogP contribution in [0.5, 0.6) is 0 Å². The summed E-state index contributed by atoms with van der Waals surface area (Å²) in [5.41, 5.74) is 6.00. The van der Waals surface area contributed by atoms with E-state index in [-0.39, 0.29) is 12.0 Å². The van der Waals surface area contributed by atoms with Crippen LogP contribution in [0.4, 0.5) is 4.79 Å². The van der Waals surface area contributed by atoms with Crippen LogP contribution < -0.4 is 11.1 Å². The van der Waals surface area contributed by atoms with Crippen molar-refractivity contribution in [2.45, 2.75) is 13.0 Å².